The van der Waals surface area contributed by atoms with Gasteiger partial charge in [0.15, 0.2) is 17.3 Å². The number of carbonyl (C=O) groups excluding carboxylic acids is 2. The Morgan fingerprint density at radius 1 is 1.07 bits per heavy atom. The molecule has 0 saturated heterocycles. The van der Waals surface area contributed by atoms with Crippen LogP contribution in [0.2, 0.25) is 5.02 Å². The number of carbonyl (C=O) groups is 2. The van der Waals surface area contributed by atoms with Gasteiger partial charge < -0.3 is 14.2 Å². The molecule has 3 rings (SSSR count). The molecule has 1 aliphatic heterocycles. The SMILES string of the molecule is O=C(CCC(=O)c1ccc(F)cc1)OCc1cc(Cl)c2c(c1)OCCCO2. The number of hydrogen-bond acceptors (Lipinski definition) is 5. The van der Waals surface area contributed by atoms with E-state index in [0.717, 1.165) is 6.42 Å². The van der Waals surface area contributed by atoms with Crippen LogP contribution < -0.4 is 9.47 Å². The maximum absolute atomic E-state index is 12.9. The van der Waals surface area contributed by atoms with E-state index in [2.05, 4.69) is 0 Å². The van der Waals surface area contributed by atoms with Crippen molar-refractivity contribution in [3.05, 3.63) is 58.4 Å². The highest BCUT2D eigenvalue weighted by Crippen LogP contribution is 2.38. The van der Waals surface area contributed by atoms with Gasteiger partial charge in [-0.15, -0.1) is 0 Å². The quantitative estimate of drug-likeness (QED) is 0.540. The van der Waals surface area contributed by atoms with Crippen molar-refractivity contribution in [1.29, 1.82) is 0 Å². The van der Waals surface area contributed by atoms with E-state index >= 15 is 0 Å². The van der Waals surface area contributed by atoms with Crippen LogP contribution >= 0.6 is 11.6 Å². The second kappa shape index (κ2) is 8.86. The minimum absolute atomic E-state index is 0.00758. The van der Waals surface area contributed by atoms with E-state index < -0.39 is 11.8 Å². The maximum atomic E-state index is 12.9. The van der Waals surface area contributed by atoms with Crippen molar-refractivity contribution in [2.45, 2.75) is 25.9 Å². The lowest BCUT2D eigenvalue weighted by Gasteiger charge is -2.12. The van der Waals surface area contributed by atoms with Crippen LogP contribution in [-0.2, 0) is 16.1 Å². The summed E-state index contributed by atoms with van der Waals surface area (Å²) < 4.78 is 29.2. The lowest BCUT2D eigenvalue weighted by molar-refractivity contribution is -0.144. The summed E-state index contributed by atoms with van der Waals surface area (Å²) in [6, 6.07) is 8.58. The minimum Gasteiger partial charge on any atom is -0.489 e. The van der Waals surface area contributed by atoms with Crippen LogP contribution in [0.1, 0.15) is 35.2 Å². The Morgan fingerprint density at radius 3 is 2.59 bits per heavy atom. The van der Waals surface area contributed by atoms with Crippen LogP contribution in [0.5, 0.6) is 11.5 Å². The maximum Gasteiger partial charge on any atom is 0.306 e. The van der Waals surface area contributed by atoms with Crippen molar-refractivity contribution in [3.63, 3.8) is 0 Å². The van der Waals surface area contributed by atoms with Crippen molar-refractivity contribution in [3.8, 4) is 11.5 Å². The number of esters is 1. The van der Waals surface area contributed by atoms with E-state index in [4.69, 9.17) is 25.8 Å². The Balaban J connectivity index is 1.52. The molecule has 0 aromatic heterocycles. The van der Waals surface area contributed by atoms with Gasteiger partial charge in [-0.1, -0.05) is 11.6 Å². The highest BCUT2D eigenvalue weighted by Gasteiger charge is 2.16. The smallest absolute Gasteiger partial charge is 0.306 e. The molecule has 0 radical (unpaired) electrons. The van der Waals surface area contributed by atoms with Crippen molar-refractivity contribution < 1.29 is 28.2 Å². The Bertz CT molecular complexity index is 835. The topological polar surface area (TPSA) is 61.8 Å². The Kier molecular flexibility index (Phi) is 6.29. The molecule has 0 amide bonds. The molecule has 27 heavy (non-hydrogen) atoms. The molecule has 1 heterocycles. The Hall–Kier alpha value is -2.60. The van der Waals surface area contributed by atoms with Crippen molar-refractivity contribution in [1.82, 2.24) is 0 Å². The van der Waals surface area contributed by atoms with Gasteiger partial charge in [-0.3, -0.25) is 9.59 Å². The van der Waals surface area contributed by atoms with E-state index in [-0.39, 0.29) is 25.2 Å². The highest BCUT2D eigenvalue weighted by atomic mass is 35.5. The number of hydrogen-bond donors (Lipinski definition) is 0. The predicted molar refractivity (Wildman–Crippen MR) is 96.8 cm³/mol. The zero-order chi connectivity index (χ0) is 19.2. The molecule has 0 saturated carbocycles. The molecule has 7 heteroatoms. The zero-order valence-corrected chi connectivity index (χ0v) is 15.3. The first kappa shape index (κ1) is 19.2. The van der Waals surface area contributed by atoms with Crippen LogP contribution in [0.25, 0.3) is 0 Å². The number of Topliss-reactive ketones (excluding diaryl/α,β-unsaturated/α-hetero) is 1. The largest absolute Gasteiger partial charge is 0.489 e. The highest BCUT2D eigenvalue weighted by molar-refractivity contribution is 6.32. The van der Waals surface area contributed by atoms with E-state index in [1.807, 2.05) is 0 Å². The Morgan fingerprint density at radius 2 is 1.81 bits per heavy atom. The lowest BCUT2D eigenvalue weighted by atomic mass is 10.1. The van der Waals surface area contributed by atoms with E-state index in [0.29, 0.717) is 40.9 Å². The second-order valence-corrected chi connectivity index (χ2v) is 6.45. The average Bonchev–Trinajstić information content (AvgIpc) is 2.91. The molecule has 0 unspecified atom stereocenters. The summed E-state index contributed by atoms with van der Waals surface area (Å²) in [7, 11) is 0. The normalized spacial score (nSPS) is 13.0. The van der Waals surface area contributed by atoms with Crippen LogP contribution in [0, 0.1) is 5.82 Å². The van der Waals surface area contributed by atoms with Gasteiger partial charge in [-0.25, -0.2) is 4.39 Å². The molecule has 0 bridgehead atoms. The van der Waals surface area contributed by atoms with E-state index in [9.17, 15) is 14.0 Å². The van der Waals surface area contributed by atoms with Crippen molar-refractivity contribution in [2.24, 2.45) is 0 Å². The fourth-order valence-corrected chi connectivity index (χ4v) is 2.89. The lowest BCUT2D eigenvalue weighted by Crippen LogP contribution is -2.08. The van der Waals surface area contributed by atoms with E-state index in [1.54, 1.807) is 12.1 Å². The standard InChI is InChI=1S/C20H18ClFO5/c21-16-10-13(11-18-20(16)26-9-1-8-25-18)12-27-19(24)7-6-17(23)14-2-4-15(22)5-3-14/h2-5,10-11H,1,6-9,12H2. The summed E-state index contributed by atoms with van der Waals surface area (Å²) in [6.07, 6.45) is 0.693. The summed E-state index contributed by atoms with van der Waals surface area (Å²) >= 11 is 6.20. The number of ether oxygens (including phenoxy) is 3. The molecular formula is C20H18ClFO5. The number of halogens is 2. The zero-order valence-electron chi connectivity index (χ0n) is 14.5. The summed E-state index contributed by atoms with van der Waals surface area (Å²) in [5.41, 5.74) is 1.03. The number of ketones is 1. The van der Waals surface area contributed by atoms with Gasteiger partial charge in [0.25, 0.3) is 0 Å². The second-order valence-electron chi connectivity index (χ2n) is 6.05. The van der Waals surface area contributed by atoms with Gasteiger partial charge in [0.1, 0.15) is 12.4 Å². The third-order valence-corrected chi connectivity index (χ3v) is 4.26. The average molecular weight is 393 g/mol. The molecule has 1 aliphatic rings. The Labute approximate surface area is 161 Å². The van der Waals surface area contributed by atoms with Crippen LogP contribution in [-0.4, -0.2) is 25.0 Å². The van der Waals surface area contributed by atoms with Crippen molar-refractivity contribution in [2.75, 3.05) is 13.2 Å². The fraction of sp³-hybridized carbons (Fsp3) is 0.300. The minimum atomic E-state index is -0.506. The van der Waals surface area contributed by atoms with E-state index in [1.165, 1.54) is 24.3 Å². The monoisotopic (exact) mass is 392 g/mol. The summed E-state index contributed by atoms with van der Waals surface area (Å²) in [5.74, 6) is -0.148. The molecule has 0 spiro atoms. The van der Waals surface area contributed by atoms with Gasteiger partial charge >= 0.3 is 5.97 Å². The van der Waals surface area contributed by atoms with Gasteiger partial charge in [0.2, 0.25) is 0 Å². The van der Waals surface area contributed by atoms with Crippen LogP contribution in [0.4, 0.5) is 4.39 Å². The molecule has 2 aromatic carbocycles. The summed E-state index contributed by atoms with van der Waals surface area (Å²) in [4.78, 5) is 23.9. The number of benzene rings is 2. The molecule has 5 nitrogen and oxygen atoms in total. The number of fused-ring (bicyclic) bond motifs is 1. The third-order valence-electron chi connectivity index (χ3n) is 3.98. The fourth-order valence-electron chi connectivity index (χ4n) is 2.60. The molecular weight excluding hydrogens is 375 g/mol. The van der Waals surface area contributed by atoms with Gasteiger partial charge in [-0.2, -0.15) is 0 Å². The molecule has 0 fully saturated rings. The molecule has 0 aliphatic carbocycles. The molecule has 0 N–H and O–H groups in total. The third kappa shape index (κ3) is 5.20. The molecule has 2 aromatic rings. The van der Waals surface area contributed by atoms with Crippen molar-refractivity contribution >= 4 is 23.4 Å². The van der Waals surface area contributed by atoms with Crippen LogP contribution in [0.15, 0.2) is 36.4 Å². The van der Waals surface area contributed by atoms with Gasteiger partial charge in [0.05, 0.1) is 24.7 Å². The first-order valence-electron chi connectivity index (χ1n) is 8.55. The first-order valence-corrected chi connectivity index (χ1v) is 8.93. The molecule has 0 atom stereocenters. The van der Waals surface area contributed by atoms with Gasteiger partial charge in [0, 0.05) is 18.4 Å². The summed E-state index contributed by atoms with van der Waals surface area (Å²) in [6.45, 7) is 1.07. The van der Waals surface area contributed by atoms with Crippen LogP contribution in [0.3, 0.4) is 0 Å². The first-order chi connectivity index (χ1) is 13.0. The number of rotatable bonds is 6. The predicted octanol–water partition coefficient (Wildman–Crippen LogP) is 4.35. The molecule has 142 valence electrons. The van der Waals surface area contributed by atoms with Gasteiger partial charge in [-0.05, 0) is 42.0 Å². The summed E-state index contributed by atoms with van der Waals surface area (Å²) in [5, 5.41) is 0.395.